The normalized spacial score (nSPS) is 13.7. The van der Waals surface area contributed by atoms with Gasteiger partial charge >= 0.3 is 24.0 Å². The van der Waals surface area contributed by atoms with Crippen LogP contribution in [0.25, 0.3) is 17.1 Å². The van der Waals surface area contributed by atoms with Crippen molar-refractivity contribution >= 4 is 17.6 Å². The lowest BCUT2D eigenvalue weighted by Crippen LogP contribution is -2.37. The summed E-state index contributed by atoms with van der Waals surface area (Å²) in [5.74, 6) is -3.02. The number of halogens is 8. The predicted molar refractivity (Wildman–Crippen MR) is 135 cm³/mol. The molecule has 0 aliphatic carbocycles. The maximum absolute atomic E-state index is 13.8. The largest absolute Gasteiger partial charge is 0.455 e. The lowest BCUT2D eigenvalue weighted by Gasteiger charge is -2.16. The molecule has 0 aliphatic heterocycles. The second-order valence-electron chi connectivity index (χ2n) is 9.15. The Morgan fingerprint density at radius 2 is 1.72 bits per heavy atom. The molecule has 2 aromatic heterocycles. The Labute approximate surface area is 241 Å². The minimum absolute atomic E-state index is 0.151. The maximum atomic E-state index is 13.8. The number of aliphatic hydroxyl groups excluding tert-OH is 1. The van der Waals surface area contributed by atoms with Gasteiger partial charge in [-0.1, -0.05) is 11.6 Å². The number of carbonyl (C=O) groups is 1. The van der Waals surface area contributed by atoms with Crippen LogP contribution >= 0.6 is 11.6 Å². The first-order valence-corrected chi connectivity index (χ1v) is 12.5. The van der Waals surface area contributed by atoms with Crippen molar-refractivity contribution in [1.82, 2.24) is 29.1 Å². The van der Waals surface area contributed by atoms with E-state index in [0.29, 0.717) is 13.9 Å². The van der Waals surface area contributed by atoms with E-state index in [2.05, 4.69) is 15.2 Å². The number of rotatable bonds is 8. The Hall–Kier alpha value is -4.25. The molecule has 4 rings (SSSR count). The zero-order valence-electron chi connectivity index (χ0n) is 22.0. The predicted octanol–water partition coefficient (Wildman–Crippen LogP) is 4.70. The number of aliphatic hydroxyl groups is 1. The molecule has 10 nitrogen and oxygen atoms in total. The van der Waals surface area contributed by atoms with E-state index in [9.17, 15) is 45.4 Å². The topological polar surface area (TPSA) is 117 Å². The highest BCUT2D eigenvalue weighted by atomic mass is 35.5. The molecule has 0 bridgehead atoms. The SMILES string of the molecule is CC(=O)O[C@@H](C)c1nc(Cn2nc(-c3ccc(Cl)cc3)n(C[C@H](O)C(F)(F)F)c2=O)nn1-c1ccc(F)cc1C(F)(F)F. The molecular weight excluding hydrogens is 617 g/mol. The Morgan fingerprint density at radius 1 is 1.07 bits per heavy atom. The van der Waals surface area contributed by atoms with Crippen LogP contribution in [0.15, 0.2) is 47.3 Å². The molecule has 43 heavy (non-hydrogen) atoms. The number of benzene rings is 2. The smallest absolute Gasteiger partial charge is 0.418 e. The molecule has 1 N–H and O–H groups in total. The summed E-state index contributed by atoms with van der Waals surface area (Å²) in [6, 6.07) is 7.25. The van der Waals surface area contributed by atoms with Crippen molar-refractivity contribution in [3.8, 4) is 17.1 Å². The van der Waals surface area contributed by atoms with Gasteiger partial charge in [-0.3, -0.25) is 9.36 Å². The number of hydrogen-bond donors (Lipinski definition) is 1. The summed E-state index contributed by atoms with van der Waals surface area (Å²) < 4.78 is 102. The molecular formula is C25H20ClF7N6O4. The van der Waals surface area contributed by atoms with Gasteiger partial charge in [-0.15, -0.1) is 10.2 Å². The summed E-state index contributed by atoms with van der Waals surface area (Å²) in [7, 11) is 0. The fraction of sp³-hybridized carbons (Fsp3) is 0.320. The highest BCUT2D eigenvalue weighted by molar-refractivity contribution is 6.30. The number of nitrogens with zero attached hydrogens (tertiary/aromatic N) is 6. The van der Waals surface area contributed by atoms with Crippen molar-refractivity contribution < 1.29 is 45.4 Å². The monoisotopic (exact) mass is 636 g/mol. The third kappa shape index (κ3) is 7.05. The Bertz CT molecular complexity index is 1700. The van der Waals surface area contributed by atoms with Gasteiger partial charge < -0.3 is 9.84 Å². The molecule has 0 saturated heterocycles. The third-order valence-corrected chi connectivity index (χ3v) is 6.18. The van der Waals surface area contributed by atoms with E-state index in [-0.39, 0.29) is 34.1 Å². The van der Waals surface area contributed by atoms with Gasteiger partial charge in [0.05, 0.1) is 17.8 Å². The van der Waals surface area contributed by atoms with Crippen molar-refractivity contribution in [3.05, 3.63) is 81.0 Å². The number of ether oxygens (including phenoxy) is 1. The Balaban J connectivity index is 1.85. The maximum Gasteiger partial charge on any atom is 0.418 e. The van der Waals surface area contributed by atoms with Gasteiger partial charge in [-0.05, 0) is 49.4 Å². The average Bonchev–Trinajstić information content (AvgIpc) is 3.45. The first-order valence-electron chi connectivity index (χ1n) is 12.1. The van der Waals surface area contributed by atoms with E-state index < -0.39 is 66.4 Å². The van der Waals surface area contributed by atoms with Gasteiger partial charge in [-0.25, -0.2) is 23.5 Å². The summed E-state index contributed by atoms with van der Waals surface area (Å²) >= 11 is 5.88. The van der Waals surface area contributed by atoms with Crippen LogP contribution in [0.1, 0.15) is 37.2 Å². The molecule has 4 aromatic rings. The van der Waals surface area contributed by atoms with Crippen molar-refractivity contribution in [2.75, 3.05) is 0 Å². The van der Waals surface area contributed by atoms with Crippen LogP contribution in [0.2, 0.25) is 5.02 Å². The molecule has 2 aromatic carbocycles. The van der Waals surface area contributed by atoms with Crippen molar-refractivity contribution in [2.45, 2.75) is 51.5 Å². The van der Waals surface area contributed by atoms with Gasteiger partial charge in [0, 0.05) is 17.5 Å². The van der Waals surface area contributed by atoms with E-state index in [1.54, 1.807) is 0 Å². The first-order chi connectivity index (χ1) is 20.0. The molecule has 18 heteroatoms. The summed E-state index contributed by atoms with van der Waals surface area (Å²) in [6.07, 6.45) is -14.4. The highest BCUT2D eigenvalue weighted by Gasteiger charge is 2.40. The molecule has 0 amide bonds. The molecule has 2 atom stereocenters. The molecule has 0 unspecified atom stereocenters. The Morgan fingerprint density at radius 3 is 2.30 bits per heavy atom. The number of esters is 1. The van der Waals surface area contributed by atoms with Crippen LogP contribution in [0.3, 0.4) is 0 Å². The van der Waals surface area contributed by atoms with E-state index in [1.807, 2.05) is 0 Å². The zero-order chi connectivity index (χ0) is 31.9. The van der Waals surface area contributed by atoms with Crippen LogP contribution in [-0.2, 0) is 28.8 Å². The standard InChI is InChI=1S/C25H20ClF7N6O4/c1-12(43-13(2)40)21-34-20(35-39(21)18-8-7-16(27)9-17(18)24(28,29)30)11-38-23(42)37(10-19(41)25(31,32)33)22(36-38)14-3-5-15(26)6-4-14/h3-9,12,19,41H,10-11H2,1-2H3/t12-,19-/m0/s1. The van der Waals surface area contributed by atoms with E-state index in [1.165, 1.54) is 31.2 Å². The number of alkyl halides is 6. The van der Waals surface area contributed by atoms with Crippen molar-refractivity contribution in [1.29, 1.82) is 0 Å². The number of aromatic nitrogens is 6. The van der Waals surface area contributed by atoms with Crippen LogP contribution in [-0.4, -0.2) is 52.5 Å². The molecule has 0 saturated carbocycles. The minimum atomic E-state index is -5.08. The summed E-state index contributed by atoms with van der Waals surface area (Å²) in [6.45, 7) is 0.406. The van der Waals surface area contributed by atoms with Gasteiger partial charge in [-0.2, -0.15) is 26.3 Å². The molecule has 0 fully saturated rings. The zero-order valence-corrected chi connectivity index (χ0v) is 22.7. The lowest BCUT2D eigenvalue weighted by molar-refractivity contribution is -0.207. The minimum Gasteiger partial charge on any atom is -0.455 e. The number of hydrogen-bond acceptors (Lipinski definition) is 7. The van der Waals surface area contributed by atoms with E-state index in [0.717, 1.165) is 19.1 Å². The van der Waals surface area contributed by atoms with Crippen LogP contribution < -0.4 is 5.69 Å². The van der Waals surface area contributed by atoms with Gasteiger partial charge in [0.15, 0.2) is 29.7 Å². The van der Waals surface area contributed by atoms with Gasteiger partial charge in [0.25, 0.3) is 0 Å². The molecule has 230 valence electrons. The summed E-state index contributed by atoms with van der Waals surface area (Å²) in [5, 5.41) is 18.0. The van der Waals surface area contributed by atoms with Gasteiger partial charge in [0.1, 0.15) is 12.4 Å². The second-order valence-corrected chi connectivity index (χ2v) is 9.58. The fourth-order valence-electron chi connectivity index (χ4n) is 4.03. The third-order valence-electron chi connectivity index (χ3n) is 5.92. The number of carbonyl (C=O) groups excluding carboxylic acids is 1. The molecule has 0 radical (unpaired) electrons. The van der Waals surface area contributed by atoms with Crippen molar-refractivity contribution in [3.63, 3.8) is 0 Å². The lowest BCUT2D eigenvalue weighted by atomic mass is 10.1. The van der Waals surface area contributed by atoms with Gasteiger partial charge in [0.2, 0.25) is 0 Å². The van der Waals surface area contributed by atoms with Crippen LogP contribution in [0.4, 0.5) is 30.7 Å². The molecule has 2 heterocycles. The van der Waals surface area contributed by atoms with Crippen LogP contribution in [0.5, 0.6) is 0 Å². The van der Waals surface area contributed by atoms with Crippen LogP contribution in [0, 0.1) is 5.82 Å². The fourth-order valence-corrected chi connectivity index (χ4v) is 4.16. The first kappa shape index (κ1) is 31.7. The second kappa shape index (κ2) is 11.8. The molecule has 0 spiro atoms. The average molecular weight is 637 g/mol. The quantitative estimate of drug-likeness (QED) is 0.220. The Kier molecular flexibility index (Phi) is 8.69. The summed E-state index contributed by atoms with van der Waals surface area (Å²) in [5.41, 5.74) is -3.11. The van der Waals surface area contributed by atoms with E-state index >= 15 is 0 Å². The van der Waals surface area contributed by atoms with Crippen molar-refractivity contribution in [2.24, 2.45) is 0 Å². The molecule has 0 aliphatic rings. The highest BCUT2D eigenvalue weighted by Crippen LogP contribution is 2.35. The summed E-state index contributed by atoms with van der Waals surface area (Å²) in [4.78, 5) is 28.9. The van der Waals surface area contributed by atoms with E-state index in [4.69, 9.17) is 16.3 Å².